The summed E-state index contributed by atoms with van der Waals surface area (Å²) in [6.07, 6.45) is 0. The van der Waals surface area contributed by atoms with Gasteiger partial charge in [0.15, 0.2) is 5.69 Å². The molecule has 0 aliphatic carbocycles. The number of para-hydroxylation sites is 2. The number of nitrogens with zero attached hydrogens (tertiary/aromatic N) is 5. The quantitative estimate of drug-likeness (QED) is 0.635. The van der Waals surface area contributed by atoms with Gasteiger partial charge in [-0.2, -0.15) is 0 Å². The van der Waals surface area contributed by atoms with Crippen LogP contribution in [-0.2, 0) is 16.6 Å². The molecule has 1 fully saturated rings. The molecule has 0 N–H and O–H groups in total. The van der Waals surface area contributed by atoms with Crippen molar-refractivity contribution in [2.75, 3.05) is 37.9 Å². The number of ether oxygens (including phenoxy) is 1. The summed E-state index contributed by atoms with van der Waals surface area (Å²) in [6, 6.07) is 17.0. The minimum Gasteiger partial charge on any atom is -0.379 e. The van der Waals surface area contributed by atoms with Crippen LogP contribution >= 0.6 is 0 Å². The van der Waals surface area contributed by atoms with Crippen LogP contribution in [0.1, 0.15) is 11.3 Å². The second-order valence-electron chi connectivity index (χ2n) is 7.99. The second kappa shape index (κ2) is 8.22. The number of benzene rings is 2. The Hall–Kier alpha value is -3.49. The fourth-order valence-corrected chi connectivity index (χ4v) is 4.25. The highest BCUT2D eigenvalue weighted by Gasteiger charge is 2.35. The van der Waals surface area contributed by atoms with Crippen LogP contribution in [0, 0.1) is 6.92 Å². The van der Waals surface area contributed by atoms with Gasteiger partial charge in [-0.15, -0.1) is 0 Å². The third-order valence-electron chi connectivity index (χ3n) is 6.09. The van der Waals surface area contributed by atoms with Gasteiger partial charge in [-0.3, -0.25) is 24.1 Å². The summed E-state index contributed by atoms with van der Waals surface area (Å²) >= 11 is 0. The number of aromatic nitrogens is 2. The first kappa shape index (κ1) is 20.4. The second-order valence-corrected chi connectivity index (χ2v) is 7.99. The molecular formula is C24H25N5O3. The van der Waals surface area contributed by atoms with Crippen LogP contribution in [0.25, 0.3) is 5.69 Å². The van der Waals surface area contributed by atoms with E-state index in [-0.39, 0.29) is 17.2 Å². The standard InChI is InChI=1S/C24H25N5O3/c1-17-21(24(31)29(26(17)2)18-8-4-3-5-9-18)25-22-19-10-6-7-11-20(19)28(23(22)30)16-27-12-14-32-15-13-27/h3-11H,12-16H2,1-2H3. The van der Waals surface area contributed by atoms with E-state index in [1.807, 2.05) is 68.6 Å². The summed E-state index contributed by atoms with van der Waals surface area (Å²) in [5.74, 6) is -0.188. The highest BCUT2D eigenvalue weighted by atomic mass is 16.5. The number of hydrogen-bond acceptors (Lipinski definition) is 5. The van der Waals surface area contributed by atoms with Crippen LogP contribution in [0.3, 0.4) is 0 Å². The number of carbonyl (C=O) groups excluding carboxylic acids is 1. The van der Waals surface area contributed by atoms with Crippen molar-refractivity contribution >= 4 is 23.0 Å². The Morgan fingerprint density at radius 2 is 1.66 bits per heavy atom. The van der Waals surface area contributed by atoms with Crippen molar-refractivity contribution in [1.29, 1.82) is 0 Å². The summed E-state index contributed by atoms with van der Waals surface area (Å²) in [5, 5.41) is 0. The Morgan fingerprint density at radius 3 is 2.41 bits per heavy atom. The van der Waals surface area contributed by atoms with Crippen molar-refractivity contribution in [2.45, 2.75) is 6.92 Å². The number of amides is 1. The van der Waals surface area contributed by atoms with Gasteiger partial charge in [0, 0.05) is 25.7 Å². The molecule has 2 aromatic carbocycles. The first-order valence-electron chi connectivity index (χ1n) is 10.7. The third kappa shape index (κ3) is 3.37. The normalized spacial score (nSPS) is 17.9. The molecule has 1 amide bonds. The molecule has 1 saturated heterocycles. The maximum absolute atomic E-state index is 13.4. The molecule has 164 valence electrons. The molecule has 0 atom stereocenters. The maximum Gasteiger partial charge on any atom is 0.297 e. The molecule has 0 bridgehead atoms. The van der Waals surface area contributed by atoms with Gasteiger partial charge in [0.25, 0.3) is 11.5 Å². The van der Waals surface area contributed by atoms with Crippen molar-refractivity contribution in [3.63, 3.8) is 0 Å². The first-order chi connectivity index (χ1) is 15.6. The molecule has 8 heteroatoms. The first-order valence-corrected chi connectivity index (χ1v) is 10.7. The van der Waals surface area contributed by atoms with Gasteiger partial charge >= 0.3 is 0 Å². The summed E-state index contributed by atoms with van der Waals surface area (Å²) in [7, 11) is 1.82. The van der Waals surface area contributed by atoms with E-state index in [9.17, 15) is 9.59 Å². The van der Waals surface area contributed by atoms with Gasteiger partial charge in [0.05, 0.1) is 37.0 Å². The SMILES string of the molecule is Cc1c(N=C2C(=O)N(CN3CCOCC3)c3ccccc32)c(=O)n(-c2ccccc2)n1C. The number of carbonyl (C=O) groups is 1. The fraction of sp³-hybridized carbons (Fsp3) is 0.292. The van der Waals surface area contributed by atoms with Crippen molar-refractivity contribution in [1.82, 2.24) is 14.3 Å². The summed E-state index contributed by atoms with van der Waals surface area (Å²) in [4.78, 5) is 35.3. The smallest absolute Gasteiger partial charge is 0.297 e. The molecule has 0 radical (unpaired) electrons. The number of rotatable bonds is 4. The number of aliphatic imine (C=N–C) groups is 1. The Kier molecular flexibility index (Phi) is 5.24. The predicted octanol–water partition coefficient (Wildman–Crippen LogP) is 2.24. The van der Waals surface area contributed by atoms with Crippen molar-refractivity contribution in [2.24, 2.45) is 12.0 Å². The molecule has 1 aromatic heterocycles. The molecule has 8 nitrogen and oxygen atoms in total. The molecule has 0 saturated carbocycles. The van der Waals surface area contributed by atoms with Crippen LogP contribution in [0.15, 0.2) is 64.4 Å². The van der Waals surface area contributed by atoms with Gasteiger partial charge in [-0.25, -0.2) is 9.67 Å². The zero-order chi connectivity index (χ0) is 22.2. The van der Waals surface area contributed by atoms with Crippen LogP contribution in [0.2, 0.25) is 0 Å². The van der Waals surface area contributed by atoms with Crippen molar-refractivity contribution < 1.29 is 9.53 Å². The minimum absolute atomic E-state index is 0.188. The van der Waals surface area contributed by atoms with Gasteiger partial charge in [-0.1, -0.05) is 36.4 Å². The summed E-state index contributed by atoms with van der Waals surface area (Å²) in [6.45, 7) is 5.19. The molecule has 0 unspecified atom stereocenters. The maximum atomic E-state index is 13.4. The van der Waals surface area contributed by atoms with Crippen LogP contribution in [0.5, 0.6) is 0 Å². The molecule has 2 aliphatic rings. The molecule has 2 aliphatic heterocycles. The van der Waals surface area contributed by atoms with Crippen LogP contribution in [-0.4, -0.2) is 58.9 Å². The van der Waals surface area contributed by atoms with E-state index in [2.05, 4.69) is 9.89 Å². The monoisotopic (exact) mass is 431 g/mol. The lowest BCUT2D eigenvalue weighted by Gasteiger charge is -2.30. The average Bonchev–Trinajstić information content (AvgIpc) is 3.20. The zero-order valence-electron chi connectivity index (χ0n) is 18.2. The van der Waals surface area contributed by atoms with E-state index in [0.717, 1.165) is 30.0 Å². The van der Waals surface area contributed by atoms with E-state index in [1.165, 1.54) is 0 Å². The number of hydrogen-bond donors (Lipinski definition) is 0. The van der Waals surface area contributed by atoms with Crippen molar-refractivity contribution in [3.05, 3.63) is 76.2 Å². The lowest BCUT2D eigenvalue weighted by atomic mass is 10.1. The Labute approximate surface area is 185 Å². The zero-order valence-corrected chi connectivity index (χ0v) is 18.2. The molecule has 3 heterocycles. The lowest BCUT2D eigenvalue weighted by Crippen LogP contribution is -2.45. The molecule has 3 aromatic rings. The number of fused-ring (bicyclic) bond motifs is 1. The summed E-state index contributed by atoms with van der Waals surface area (Å²) < 4.78 is 8.78. The highest BCUT2D eigenvalue weighted by Crippen LogP contribution is 2.31. The predicted molar refractivity (Wildman–Crippen MR) is 123 cm³/mol. The Morgan fingerprint density at radius 1 is 0.969 bits per heavy atom. The molecular weight excluding hydrogens is 406 g/mol. The van der Waals surface area contributed by atoms with Crippen molar-refractivity contribution in [3.8, 4) is 5.69 Å². The highest BCUT2D eigenvalue weighted by molar-refractivity contribution is 6.54. The van der Waals surface area contributed by atoms with E-state index in [4.69, 9.17) is 4.74 Å². The van der Waals surface area contributed by atoms with Gasteiger partial charge in [0.2, 0.25) is 0 Å². The third-order valence-corrected chi connectivity index (χ3v) is 6.09. The lowest BCUT2D eigenvalue weighted by molar-refractivity contribution is -0.112. The van der Waals surface area contributed by atoms with E-state index >= 15 is 0 Å². The van der Waals surface area contributed by atoms with Crippen LogP contribution in [0.4, 0.5) is 11.4 Å². The molecule has 5 rings (SSSR count). The largest absolute Gasteiger partial charge is 0.379 e. The van der Waals surface area contributed by atoms with E-state index in [0.29, 0.717) is 31.3 Å². The minimum atomic E-state index is -0.249. The van der Waals surface area contributed by atoms with Crippen LogP contribution < -0.4 is 10.5 Å². The van der Waals surface area contributed by atoms with Gasteiger partial charge < -0.3 is 4.74 Å². The van der Waals surface area contributed by atoms with Gasteiger partial charge in [0.1, 0.15) is 5.71 Å². The Bertz CT molecular complexity index is 1250. The number of anilines is 1. The molecule has 0 spiro atoms. The van der Waals surface area contributed by atoms with Gasteiger partial charge in [-0.05, 0) is 25.1 Å². The topological polar surface area (TPSA) is 72.1 Å². The Balaban J connectivity index is 1.57. The molecule has 32 heavy (non-hydrogen) atoms. The van der Waals surface area contributed by atoms with E-state index < -0.39 is 0 Å². The summed E-state index contributed by atoms with van der Waals surface area (Å²) in [5.41, 5.74) is 3.35. The van der Waals surface area contributed by atoms with E-state index in [1.54, 1.807) is 14.3 Å². The fourth-order valence-electron chi connectivity index (χ4n) is 4.25. The number of morpholine rings is 1. The average molecular weight is 431 g/mol.